The number of hydrogen-bond donors (Lipinski definition) is 1. The number of ether oxygens (including phenoxy) is 1. The Kier molecular flexibility index (Phi) is 5.12. The monoisotopic (exact) mass is 263 g/mol. The summed E-state index contributed by atoms with van der Waals surface area (Å²) in [5, 5.41) is 0. The second kappa shape index (κ2) is 6.20. The molecular formula is C16H25NO2. The summed E-state index contributed by atoms with van der Waals surface area (Å²) in [4.78, 5) is 12.3. The van der Waals surface area contributed by atoms with Crippen LogP contribution in [0.4, 0.5) is 0 Å². The lowest BCUT2D eigenvalue weighted by molar-refractivity contribution is 0.0947. The van der Waals surface area contributed by atoms with Gasteiger partial charge in [0.05, 0.1) is 11.7 Å². The van der Waals surface area contributed by atoms with Gasteiger partial charge in [-0.15, -0.1) is 0 Å². The molecule has 0 saturated carbocycles. The van der Waals surface area contributed by atoms with Gasteiger partial charge in [0.15, 0.2) is 5.78 Å². The molecule has 0 amide bonds. The van der Waals surface area contributed by atoms with E-state index in [0.717, 1.165) is 0 Å². The van der Waals surface area contributed by atoms with Crippen LogP contribution in [0.3, 0.4) is 0 Å². The molecule has 3 heteroatoms. The van der Waals surface area contributed by atoms with E-state index < -0.39 is 0 Å². The van der Waals surface area contributed by atoms with Crippen LogP contribution in [0.2, 0.25) is 0 Å². The highest BCUT2D eigenvalue weighted by Crippen LogP contribution is 2.25. The van der Waals surface area contributed by atoms with Gasteiger partial charge in [0, 0.05) is 12.5 Å². The van der Waals surface area contributed by atoms with Gasteiger partial charge in [-0.05, 0) is 31.4 Å². The second-order valence-electron chi connectivity index (χ2n) is 6.26. The van der Waals surface area contributed by atoms with Gasteiger partial charge >= 0.3 is 0 Å². The van der Waals surface area contributed by atoms with Gasteiger partial charge in [0.1, 0.15) is 5.75 Å². The van der Waals surface area contributed by atoms with Crippen LogP contribution in [0.1, 0.15) is 51.4 Å². The summed E-state index contributed by atoms with van der Waals surface area (Å²) in [7, 11) is 0. The molecule has 0 spiro atoms. The van der Waals surface area contributed by atoms with Gasteiger partial charge in [-0.25, -0.2) is 0 Å². The summed E-state index contributed by atoms with van der Waals surface area (Å²) >= 11 is 0. The number of carbonyl (C=O) groups is 1. The Labute approximate surface area is 116 Å². The number of hydrogen-bond acceptors (Lipinski definition) is 3. The fourth-order valence-electron chi connectivity index (χ4n) is 1.67. The first-order valence-corrected chi connectivity index (χ1v) is 6.76. The highest BCUT2D eigenvalue weighted by atomic mass is 16.5. The molecule has 0 fully saturated rings. The number of para-hydroxylation sites is 1. The van der Waals surface area contributed by atoms with Crippen molar-refractivity contribution < 1.29 is 9.53 Å². The molecule has 0 heterocycles. The smallest absolute Gasteiger partial charge is 0.168 e. The number of benzene rings is 1. The van der Waals surface area contributed by atoms with Crippen molar-refractivity contribution in [1.82, 2.24) is 0 Å². The van der Waals surface area contributed by atoms with Gasteiger partial charge < -0.3 is 10.5 Å². The van der Waals surface area contributed by atoms with E-state index in [9.17, 15) is 4.79 Å². The van der Waals surface area contributed by atoms with Gasteiger partial charge in [0.25, 0.3) is 0 Å². The van der Waals surface area contributed by atoms with E-state index in [1.165, 1.54) is 0 Å². The van der Waals surface area contributed by atoms with Crippen LogP contribution >= 0.6 is 0 Å². The van der Waals surface area contributed by atoms with E-state index in [-0.39, 0.29) is 23.3 Å². The number of carbonyl (C=O) groups excluding carboxylic acids is 1. The van der Waals surface area contributed by atoms with Gasteiger partial charge in [-0.2, -0.15) is 0 Å². The average Bonchev–Trinajstić information content (AvgIpc) is 2.27. The lowest BCUT2D eigenvalue weighted by Crippen LogP contribution is -2.37. The van der Waals surface area contributed by atoms with Crippen molar-refractivity contribution in [2.24, 2.45) is 11.1 Å². The van der Waals surface area contributed by atoms with Gasteiger partial charge in [0.2, 0.25) is 0 Å². The van der Waals surface area contributed by atoms with Crippen molar-refractivity contribution in [1.29, 1.82) is 0 Å². The number of Topliss-reactive ketones (excluding diaryl/α,β-unsaturated/α-hetero) is 1. The van der Waals surface area contributed by atoms with Crippen molar-refractivity contribution in [3.63, 3.8) is 0 Å². The zero-order valence-electron chi connectivity index (χ0n) is 12.6. The summed E-state index contributed by atoms with van der Waals surface area (Å²) in [6, 6.07) is 7.19. The van der Waals surface area contributed by atoms with Crippen LogP contribution in [0.5, 0.6) is 5.75 Å². The Balaban J connectivity index is 2.88. The third-order valence-corrected chi connectivity index (χ3v) is 3.07. The Morgan fingerprint density at radius 2 is 1.84 bits per heavy atom. The van der Waals surface area contributed by atoms with E-state index in [2.05, 4.69) is 0 Å². The van der Waals surface area contributed by atoms with Crippen LogP contribution in [-0.2, 0) is 0 Å². The Hall–Kier alpha value is -1.35. The van der Waals surface area contributed by atoms with Crippen molar-refractivity contribution in [3.8, 4) is 5.75 Å². The van der Waals surface area contributed by atoms with Gasteiger partial charge in [-0.3, -0.25) is 4.79 Å². The minimum Gasteiger partial charge on any atom is -0.490 e. The second-order valence-corrected chi connectivity index (χ2v) is 6.26. The maximum atomic E-state index is 12.3. The van der Waals surface area contributed by atoms with Crippen LogP contribution in [0.25, 0.3) is 0 Å². The lowest BCUT2D eigenvalue weighted by atomic mass is 9.83. The molecule has 0 saturated heterocycles. The lowest BCUT2D eigenvalue weighted by Gasteiger charge is -2.26. The van der Waals surface area contributed by atoms with Crippen LogP contribution in [-0.4, -0.2) is 17.9 Å². The molecule has 1 unspecified atom stereocenters. The molecule has 0 aliphatic carbocycles. The molecule has 0 aliphatic rings. The largest absolute Gasteiger partial charge is 0.490 e. The summed E-state index contributed by atoms with van der Waals surface area (Å²) in [5.41, 5.74) is 6.62. The zero-order valence-corrected chi connectivity index (χ0v) is 12.6. The fourth-order valence-corrected chi connectivity index (χ4v) is 1.67. The van der Waals surface area contributed by atoms with Crippen molar-refractivity contribution in [2.75, 3.05) is 0 Å². The third kappa shape index (κ3) is 4.67. The van der Waals surface area contributed by atoms with Crippen molar-refractivity contribution in [3.05, 3.63) is 29.8 Å². The van der Waals surface area contributed by atoms with E-state index in [1.807, 2.05) is 52.8 Å². The Morgan fingerprint density at radius 3 is 2.37 bits per heavy atom. The predicted molar refractivity (Wildman–Crippen MR) is 78.6 cm³/mol. The minimum absolute atomic E-state index is 0.0404. The number of ketones is 1. The molecule has 1 aromatic carbocycles. The molecule has 1 rings (SSSR count). The summed E-state index contributed by atoms with van der Waals surface area (Å²) < 4.78 is 5.67. The topological polar surface area (TPSA) is 52.3 Å². The first-order chi connectivity index (χ1) is 8.71. The zero-order chi connectivity index (χ0) is 14.6. The highest BCUT2D eigenvalue weighted by molar-refractivity contribution is 5.99. The summed E-state index contributed by atoms with van der Waals surface area (Å²) in [5.74, 6) is 0.683. The Bertz CT molecular complexity index is 433. The van der Waals surface area contributed by atoms with E-state index in [1.54, 1.807) is 6.07 Å². The molecule has 0 aromatic heterocycles. The molecule has 1 aromatic rings. The molecule has 3 nitrogen and oxygen atoms in total. The van der Waals surface area contributed by atoms with Crippen LogP contribution < -0.4 is 10.5 Å². The van der Waals surface area contributed by atoms with Gasteiger partial charge in [-0.1, -0.05) is 32.9 Å². The minimum atomic E-state index is -0.160. The van der Waals surface area contributed by atoms with E-state index in [4.69, 9.17) is 10.5 Å². The van der Waals surface area contributed by atoms with E-state index >= 15 is 0 Å². The molecule has 1 atom stereocenters. The standard InChI is InChI=1S/C16H25NO2/c1-11(2)19-14-9-7-6-8-12(14)13(18)10-15(17)16(3,4)5/h6-9,11,15H,10,17H2,1-5H3. The molecule has 0 bridgehead atoms. The third-order valence-electron chi connectivity index (χ3n) is 3.07. The first kappa shape index (κ1) is 15.7. The SMILES string of the molecule is CC(C)Oc1ccccc1C(=O)CC(N)C(C)(C)C. The maximum absolute atomic E-state index is 12.3. The molecule has 2 N–H and O–H groups in total. The molecule has 0 radical (unpaired) electrons. The average molecular weight is 263 g/mol. The summed E-state index contributed by atoms with van der Waals surface area (Å²) in [6.45, 7) is 10.0. The van der Waals surface area contributed by atoms with Crippen LogP contribution in [0, 0.1) is 5.41 Å². The maximum Gasteiger partial charge on any atom is 0.168 e. The fraction of sp³-hybridized carbons (Fsp3) is 0.562. The quantitative estimate of drug-likeness (QED) is 0.828. The predicted octanol–water partition coefficient (Wildman–Crippen LogP) is 3.42. The van der Waals surface area contributed by atoms with Crippen LogP contribution in [0.15, 0.2) is 24.3 Å². The highest BCUT2D eigenvalue weighted by Gasteiger charge is 2.25. The molecular weight excluding hydrogens is 238 g/mol. The number of nitrogens with two attached hydrogens (primary N) is 1. The van der Waals surface area contributed by atoms with Crippen molar-refractivity contribution in [2.45, 2.75) is 53.2 Å². The molecule has 106 valence electrons. The normalized spacial score (nSPS) is 13.4. The van der Waals surface area contributed by atoms with Crippen molar-refractivity contribution >= 4 is 5.78 Å². The molecule has 0 aliphatic heterocycles. The van der Waals surface area contributed by atoms with E-state index in [0.29, 0.717) is 17.7 Å². The Morgan fingerprint density at radius 1 is 1.26 bits per heavy atom. The first-order valence-electron chi connectivity index (χ1n) is 6.76. The molecule has 19 heavy (non-hydrogen) atoms. The summed E-state index contributed by atoms with van der Waals surface area (Å²) in [6.07, 6.45) is 0.382. The number of rotatable bonds is 5.